The lowest BCUT2D eigenvalue weighted by Gasteiger charge is -2.05. The first kappa shape index (κ1) is 6.83. The van der Waals surface area contributed by atoms with Crippen LogP contribution >= 0.6 is 0 Å². The molecule has 0 radical (unpaired) electrons. The van der Waals surface area contributed by atoms with Crippen LogP contribution in [0.3, 0.4) is 0 Å². The van der Waals surface area contributed by atoms with Gasteiger partial charge in [0.15, 0.2) is 0 Å². The summed E-state index contributed by atoms with van der Waals surface area (Å²) in [5.74, 6) is 0.961. The molecule has 0 aromatic heterocycles. The van der Waals surface area contributed by atoms with E-state index in [0.29, 0.717) is 0 Å². The molecule has 1 heterocycles. The maximum atomic E-state index is 11.0. The molecule has 1 aliphatic heterocycles. The van der Waals surface area contributed by atoms with Crippen molar-refractivity contribution in [2.24, 2.45) is 10.4 Å². The molecule has 1 fully saturated rings. The quantitative estimate of drug-likeness (QED) is 0.590. The predicted molar refractivity (Wildman–Crippen MR) is 42.4 cm³/mol. The minimum Gasteiger partial charge on any atom is -0.312 e. The SMILES string of the molecule is CC1N=C(C2(C)CC2)NC1=O. The molecule has 1 N–H and O–H groups in total. The molecule has 3 heteroatoms. The summed E-state index contributed by atoms with van der Waals surface area (Å²) in [5, 5.41) is 2.82. The highest BCUT2D eigenvalue weighted by atomic mass is 16.2. The highest BCUT2D eigenvalue weighted by Gasteiger charge is 2.45. The molecule has 0 saturated heterocycles. The van der Waals surface area contributed by atoms with Crippen LogP contribution in [-0.2, 0) is 4.79 Å². The average Bonchev–Trinajstić information content (AvgIpc) is 2.59. The summed E-state index contributed by atoms with van der Waals surface area (Å²) in [6, 6.07) is -0.164. The number of hydrogen-bond acceptors (Lipinski definition) is 2. The van der Waals surface area contributed by atoms with Gasteiger partial charge < -0.3 is 5.32 Å². The second kappa shape index (κ2) is 1.84. The van der Waals surface area contributed by atoms with E-state index in [1.54, 1.807) is 0 Å². The van der Waals surface area contributed by atoms with E-state index in [1.807, 2.05) is 6.92 Å². The summed E-state index contributed by atoms with van der Waals surface area (Å²) in [6.07, 6.45) is 2.33. The Kier molecular flexibility index (Phi) is 1.14. The van der Waals surface area contributed by atoms with Crippen molar-refractivity contribution in [3.05, 3.63) is 0 Å². The fourth-order valence-corrected chi connectivity index (χ4v) is 1.24. The molecular formula is C8H12N2O. The van der Waals surface area contributed by atoms with Gasteiger partial charge in [-0.3, -0.25) is 9.79 Å². The van der Waals surface area contributed by atoms with Gasteiger partial charge in [0.1, 0.15) is 11.9 Å². The molecular weight excluding hydrogens is 140 g/mol. The Hall–Kier alpha value is -0.860. The van der Waals surface area contributed by atoms with Crippen LogP contribution in [0.15, 0.2) is 4.99 Å². The molecule has 0 aromatic carbocycles. The lowest BCUT2D eigenvalue weighted by Crippen LogP contribution is -2.31. The van der Waals surface area contributed by atoms with Crippen LogP contribution in [0.1, 0.15) is 26.7 Å². The van der Waals surface area contributed by atoms with Crippen molar-refractivity contribution in [3.8, 4) is 0 Å². The minimum atomic E-state index is -0.164. The Morgan fingerprint density at radius 1 is 1.64 bits per heavy atom. The minimum absolute atomic E-state index is 0.0492. The fourth-order valence-electron chi connectivity index (χ4n) is 1.24. The average molecular weight is 152 g/mol. The number of amides is 1. The number of nitrogens with one attached hydrogen (secondary N) is 1. The summed E-state index contributed by atoms with van der Waals surface area (Å²) < 4.78 is 0. The third-order valence-electron chi connectivity index (χ3n) is 2.52. The summed E-state index contributed by atoms with van der Waals surface area (Å²) in [4.78, 5) is 15.3. The van der Waals surface area contributed by atoms with Crippen LogP contribution in [0, 0.1) is 5.41 Å². The molecule has 0 bridgehead atoms. The Bertz CT molecular complexity index is 240. The number of aliphatic imine (C=N–C) groups is 1. The highest BCUT2D eigenvalue weighted by Crippen LogP contribution is 2.46. The van der Waals surface area contributed by atoms with E-state index in [4.69, 9.17) is 0 Å². The first-order chi connectivity index (χ1) is 5.12. The van der Waals surface area contributed by atoms with Gasteiger partial charge in [0, 0.05) is 5.41 Å². The van der Waals surface area contributed by atoms with Gasteiger partial charge in [-0.1, -0.05) is 6.92 Å². The van der Waals surface area contributed by atoms with Gasteiger partial charge >= 0.3 is 0 Å². The topological polar surface area (TPSA) is 41.5 Å². The van der Waals surface area contributed by atoms with Crippen molar-refractivity contribution in [1.82, 2.24) is 5.32 Å². The van der Waals surface area contributed by atoms with Gasteiger partial charge in [-0.2, -0.15) is 0 Å². The monoisotopic (exact) mass is 152 g/mol. The molecule has 11 heavy (non-hydrogen) atoms. The number of carbonyl (C=O) groups is 1. The summed E-state index contributed by atoms with van der Waals surface area (Å²) >= 11 is 0. The van der Waals surface area contributed by atoms with E-state index in [-0.39, 0.29) is 17.4 Å². The van der Waals surface area contributed by atoms with Crippen molar-refractivity contribution in [1.29, 1.82) is 0 Å². The summed E-state index contributed by atoms with van der Waals surface area (Å²) in [5.41, 5.74) is 0.209. The van der Waals surface area contributed by atoms with Gasteiger partial charge in [-0.25, -0.2) is 0 Å². The van der Waals surface area contributed by atoms with Crippen LogP contribution in [0.5, 0.6) is 0 Å². The number of hydrogen-bond donors (Lipinski definition) is 1. The molecule has 1 unspecified atom stereocenters. The number of rotatable bonds is 1. The standard InChI is InChI=1S/C8H12N2O/c1-5-6(11)10-7(9-5)8(2)3-4-8/h5H,3-4H2,1-2H3,(H,9,10,11). The molecule has 1 atom stereocenters. The van der Waals surface area contributed by atoms with Crippen LogP contribution in [0.2, 0.25) is 0 Å². The normalized spacial score (nSPS) is 33.1. The Balaban J connectivity index is 2.18. The van der Waals surface area contributed by atoms with Gasteiger partial charge in [-0.15, -0.1) is 0 Å². The first-order valence-electron chi connectivity index (χ1n) is 4.01. The Morgan fingerprint density at radius 2 is 2.27 bits per heavy atom. The Morgan fingerprint density at radius 3 is 2.64 bits per heavy atom. The highest BCUT2D eigenvalue weighted by molar-refractivity contribution is 6.08. The summed E-state index contributed by atoms with van der Waals surface area (Å²) in [7, 11) is 0. The van der Waals surface area contributed by atoms with Gasteiger partial charge in [0.25, 0.3) is 0 Å². The number of amidine groups is 1. The smallest absolute Gasteiger partial charge is 0.249 e. The van der Waals surface area contributed by atoms with Crippen LogP contribution in [0.4, 0.5) is 0 Å². The third-order valence-corrected chi connectivity index (χ3v) is 2.52. The van der Waals surface area contributed by atoms with Crippen LogP contribution < -0.4 is 5.32 Å². The molecule has 0 aromatic rings. The van der Waals surface area contributed by atoms with Crippen molar-refractivity contribution < 1.29 is 4.79 Å². The zero-order chi connectivity index (χ0) is 8.06. The molecule has 1 amide bonds. The van der Waals surface area contributed by atoms with Crippen molar-refractivity contribution in [3.63, 3.8) is 0 Å². The number of nitrogens with zero attached hydrogens (tertiary/aromatic N) is 1. The lowest BCUT2D eigenvalue weighted by atomic mass is 10.1. The van der Waals surface area contributed by atoms with Crippen LogP contribution in [0.25, 0.3) is 0 Å². The molecule has 1 aliphatic carbocycles. The maximum absolute atomic E-state index is 11.0. The van der Waals surface area contributed by atoms with E-state index in [0.717, 1.165) is 5.84 Å². The largest absolute Gasteiger partial charge is 0.312 e. The second-order valence-corrected chi connectivity index (χ2v) is 3.70. The summed E-state index contributed by atoms with van der Waals surface area (Å²) in [6.45, 7) is 3.97. The maximum Gasteiger partial charge on any atom is 0.249 e. The van der Waals surface area contributed by atoms with E-state index in [9.17, 15) is 4.79 Å². The molecule has 0 spiro atoms. The van der Waals surface area contributed by atoms with Crippen molar-refractivity contribution in [2.75, 3.05) is 0 Å². The zero-order valence-corrected chi connectivity index (χ0v) is 6.85. The third kappa shape index (κ3) is 0.951. The first-order valence-corrected chi connectivity index (χ1v) is 4.01. The molecule has 2 rings (SSSR count). The van der Waals surface area contributed by atoms with Crippen molar-refractivity contribution in [2.45, 2.75) is 32.7 Å². The second-order valence-electron chi connectivity index (χ2n) is 3.70. The van der Waals surface area contributed by atoms with Gasteiger partial charge in [0.2, 0.25) is 5.91 Å². The van der Waals surface area contributed by atoms with E-state index in [2.05, 4.69) is 17.2 Å². The molecule has 3 nitrogen and oxygen atoms in total. The van der Waals surface area contributed by atoms with Crippen LogP contribution in [-0.4, -0.2) is 17.8 Å². The Labute approximate surface area is 65.9 Å². The van der Waals surface area contributed by atoms with Crippen molar-refractivity contribution >= 4 is 11.7 Å². The molecule has 2 aliphatic rings. The van der Waals surface area contributed by atoms with E-state index < -0.39 is 0 Å². The van der Waals surface area contributed by atoms with E-state index >= 15 is 0 Å². The predicted octanol–water partition coefficient (Wildman–Crippen LogP) is 0.703. The lowest BCUT2D eigenvalue weighted by molar-refractivity contribution is -0.119. The zero-order valence-electron chi connectivity index (χ0n) is 6.85. The van der Waals surface area contributed by atoms with E-state index in [1.165, 1.54) is 12.8 Å². The molecule has 60 valence electrons. The fraction of sp³-hybridized carbons (Fsp3) is 0.750. The number of carbonyl (C=O) groups excluding carboxylic acids is 1. The van der Waals surface area contributed by atoms with Gasteiger partial charge in [-0.05, 0) is 19.8 Å². The van der Waals surface area contributed by atoms with Gasteiger partial charge in [0.05, 0.1) is 0 Å². The molecule has 1 saturated carbocycles.